The molecule has 2 heteroatoms. The van der Waals surface area contributed by atoms with Crippen molar-refractivity contribution in [2.24, 2.45) is 5.92 Å². The first-order chi connectivity index (χ1) is 6.79. The Morgan fingerprint density at radius 1 is 1.21 bits per heavy atom. The van der Waals surface area contributed by atoms with Crippen LogP contribution in [0, 0.1) is 5.92 Å². The molecule has 0 amide bonds. The minimum Gasteiger partial charge on any atom is -0.393 e. The van der Waals surface area contributed by atoms with Crippen molar-refractivity contribution >= 4 is 0 Å². The van der Waals surface area contributed by atoms with E-state index in [0.717, 1.165) is 18.8 Å². The van der Waals surface area contributed by atoms with Crippen molar-refractivity contribution in [3.63, 3.8) is 0 Å². The Kier molecular flexibility index (Phi) is 3.45. The zero-order valence-electron chi connectivity index (χ0n) is 9.28. The molecular formula is C12H23NO. The minimum atomic E-state index is -0.0152. The van der Waals surface area contributed by atoms with E-state index in [1.807, 2.05) is 0 Å². The van der Waals surface area contributed by atoms with E-state index in [1.165, 1.54) is 38.8 Å². The molecule has 0 spiro atoms. The molecule has 2 rings (SSSR count). The molecule has 2 atom stereocenters. The van der Waals surface area contributed by atoms with Gasteiger partial charge in [-0.1, -0.05) is 6.92 Å². The fourth-order valence-electron chi connectivity index (χ4n) is 2.61. The number of nitrogens with zero attached hydrogens (tertiary/aromatic N) is 1. The molecule has 2 nitrogen and oxygen atoms in total. The summed E-state index contributed by atoms with van der Waals surface area (Å²) < 4.78 is 0. The molecule has 0 radical (unpaired) electrons. The second kappa shape index (κ2) is 4.63. The van der Waals surface area contributed by atoms with Crippen LogP contribution in [0.15, 0.2) is 0 Å². The topological polar surface area (TPSA) is 23.5 Å². The molecule has 0 aromatic carbocycles. The van der Waals surface area contributed by atoms with Gasteiger partial charge in [-0.05, 0) is 51.0 Å². The lowest BCUT2D eigenvalue weighted by Crippen LogP contribution is -2.36. The van der Waals surface area contributed by atoms with Crippen LogP contribution in [0.4, 0.5) is 0 Å². The monoisotopic (exact) mass is 197 g/mol. The first kappa shape index (κ1) is 10.4. The van der Waals surface area contributed by atoms with E-state index in [9.17, 15) is 5.11 Å². The van der Waals surface area contributed by atoms with Gasteiger partial charge in [-0.25, -0.2) is 0 Å². The first-order valence-electron chi connectivity index (χ1n) is 6.21. The van der Waals surface area contributed by atoms with Crippen LogP contribution in [-0.4, -0.2) is 35.2 Å². The van der Waals surface area contributed by atoms with Crippen LogP contribution in [0.1, 0.15) is 45.4 Å². The largest absolute Gasteiger partial charge is 0.393 e. The third-order valence-corrected chi connectivity index (χ3v) is 3.59. The standard InChI is InChI=1S/C12H23NO/c1-2-7-13(9-10-3-4-10)11-5-6-12(14)8-11/h10-12,14H,2-9H2,1H3. The van der Waals surface area contributed by atoms with Crippen LogP contribution in [0.3, 0.4) is 0 Å². The van der Waals surface area contributed by atoms with Gasteiger partial charge in [0.25, 0.3) is 0 Å². The van der Waals surface area contributed by atoms with E-state index >= 15 is 0 Å². The Labute approximate surface area is 87.3 Å². The molecule has 0 bridgehead atoms. The van der Waals surface area contributed by atoms with Gasteiger partial charge in [-0.2, -0.15) is 0 Å². The highest BCUT2D eigenvalue weighted by atomic mass is 16.3. The van der Waals surface area contributed by atoms with Crippen molar-refractivity contribution in [3.05, 3.63) is 0 Å². The Hall–Kier alpha value is -0.0800. The maximum absolute atomic E-state index is 9.54. The van der Waals surface area contributed by atoms with Gasteiger partial charge in [0, 0.05) is 12.6 Å². The van der Waals surface area contributed by atoms with Crippen molar-refractivity contribution < 1.29 is 5.11 Å². The Morgan fingerprint density at radius 2 is 2.00 bits per heavy atom. The quantitative estimate of drug-likeness (QED) is 0.729. The third kappa shape index (κ3) is 2.71. The second-order valence-electron chi connectivity index (χ2n) is 5.06. The second-order valence-corrected chi connectivity index (χ2v) is 5.06. The Balaban J connectivity index is 1.81. The molecule has 2 saturated carbocycles. The molecule has 2 fully saturated rings. The van der Waals surface area contributed by atoms with Crippen molar-refractivity contribution in [1.29, 1.82) is 0 Å². The van der Waals surface area contributed by atoms with E-state index in [1.54, 1.807) is 0 Å². The summed E-state index contributed by atoms with van der Waals surface area (Å²) in [7, 11) is 0. The smallest absolute Gasteiger partial charge is 0.0555 e. The fraction of sp³-hybridized carbons (Fsp3) is 1.00. The van der Waals surface area contributed by atoms with E-state index < -0.39 is 0 Å². The lowest BCUT2D eigenvalue weighted by molar-refractivity contribution is 0.147. The predicted molar refractivity (Wildman–Crippen MR) is 58.2 cm³/mol. The van der Waals surface area contributed by atoms with Crippen molar-refractivity contribution in [2.75, 3.05) is 13.1 Å². The molecule has 2 unspecified atom stereocenters. The van der Waals surface area contributed by atoms with Gasteiger partial charge >= 0.3 is 0 Å². The highest BCUT2D eigenvalue weighted by molar-refractivity contribution is 4.86. The molecule has 0 aromatic heterocycles. The first-order valence-corrected chi connectivity index (χ1v) is 6.21. The van der Waals surface area contributed by atoms with Crippen molar-refractivity contribution in [2.45, 2.75) is 57.6 Å². The minimum absolute atomic E-state index is 0.0152. The summed E-state index contributed by atoms with van der Waals surface area (Å²) in [6.07, 6.45) is 7.37. The molecule has 0 aliphatic heterocycles. The zero-order chi connectivity index (χ0) is 9.97. The van der Waals surface area contributed by atoms with Gasteiger partial charge in [0.1, 0.15) is 0 Å². The normalized spacial score (nSPS) is 32.8. The number of aliphatic hydroxyl groups excluding tert-OH is 1. The maximum Gasteiger partial charge on any atom is 0.0555 e. The molecular weight excluding hydrogens is 174 g/mol. The van der Waals surface area contributed by atoms with Gasteiger partial charge in [0.05, 0.1) is 6.10 Å². The van der Waals surface area contributed by atoms with Crippen LogP contribution in [0.5, 0.6) is 0 Å². The van der Waals surface area contributed by atoms with Crippen LogP contribution in [0.2, 0.25) is 0 Å². The van der Waals surface area contributed by atoms with Crippen molar-refractivity contribution in [3.8, 4) is 0 Å². The summed E-state index contributed by atoms with van der Waals surface area (Å²) in [5.41, 5.74) is 0. The molecule has 1 N–H and O–H groups in total. The molecule has 0 saturated heterocycles. The lowest BCUT2D eigenvalue weighted by atomic mass is 10.2. The number of hydrogen-bond acceptors (Lipinski definition) is 2. The van der Waals surface area contributed by atoms with E-state index in [0.29, 0.717) is 6.04 Å². The highest BCUT2D eigenvalue weighted by Crippen LogP contribution is 2.33. The van der Waals surface area contributed by atoms with Crippen LogP contribution < -0.4 is 0 Å². The summed E-state index contributed by atoms with van der Waals surface area (Å²) in [5.74, 6) is 0.985. The summed E-state index contributed by atoms with van der Waals surface area (Å²) in [6.45, 7) is 4.78. The average Bonchev–Trinajstić information content (AvgIpc) is 2.87. The van der Waals surface area contributed by atoms with Gasteiger partial charge in [-0.15, -0.1) is 0 Å². The van der Waals surface area contributed by atoms with Crippen LogP contribution in [0.25, 0.3) is 0 Å². The summed E-state index contributed by atoms with van der Waals surface area (Å²) in [4.78, 5) is 2.63. The Morgan fingerprint density at radius 3 is 2.50 bits per heavy atom. The van der Waals surface area contributed by atoms with Crippen LogP contribution >= 0.6 is 0 Å². The molecule has 2 aliphatic rings. The molecule has 0 aromatic rings. The van der Waals surface area contributed by atoms with Gasteiger partial charge < -0.3 is 10.0 Å². The van der Waals surface area contributed by atoms with E-state index in [-0.39, 0.29) is 6.10 Å². The SMILES string of the molecule is CCCN(CC1CC1)C1CCC(O)C1. The Bertz CT molecular complexity index is 179. The number of aliphatic hydroxyl groups is 1. The lowest BCUT2D eigenvalue weighted by Gasteiger charge is -2.28. The summed E-state index contributed by atoms with van der Waals surface area (Å²) in [6, 6.07) is 0.686. The number of hydrogen-bond donors (Lipinski definition) is 1. The third-order valence-electron chi connectivity index (χ3n) is 3.59. The predicted octanol–water partition coefficient (Wildman–Crippen LogP) is 2.02. The van der Waals surface area contributed by atoms with Gasteiger partial charge in [0.15, 0.2) is 0 Å². The molecule has 14 heavy (non-hydrogen) atoms. The summed E-state index contributed by atoms with van der Waals surface area (Å²) >= 11 is 0. The van der Waals surface area contributed by atoms with Crippen LogP contribution in [-0.2, 0) is 0 Å². The molecule has 82 valence electrons. The zero-order valence-corrected chi connectivity index (χ0v) is 9.28. The van der Waals surface area contributed by atoms with E-state index in [4.69, 9.17) is 0 Å². The summed E-state index contributed by atoms with van der Waals surface area (Å²) in [5, 5.41) is 9.54. The number of rotatable bonds is 5. The molecule has 2 aliphatic carbocycles. The van der Waals surface area contributed by atoms with E-state index in [2.05, 4.69) is 11.8 Å². The van der Waals surface area contributed by atoms with Crippen molar-refractivity contribution in [1.82, 2.24) is 4.90 Å². The fourth-order valence-corrected chi connectivity index (χ4v) is 2.61. The highest BCUT2D eigenvalue weighted by Gasteiger charge is 2.31. The maximum atomic E-state index is 9.54. The van der Waals surface area contributed by atoms with Gasteiger partial charge in [0.2, 0.25) is 0 Å². The average molecular weight is 197 g/mol. The van der Waals surface area contributed by atoms with Gasteiger partial charge in [-0.3, -0.25) is 0 Å². The molecule has 0 heterocycles.